The molecule has 180 valence electrons. The van der Waals surface area contributed by atoms with Gasteiger partial charge in [-0.25, -0.2) is 9.59 Å². The Labute approximate surface area is 219 Å². The molecule has 2 N–H and O–H groups in total. The molecule has 1 aliphatic rings. The van der Waals surface area contributed by atoms with Gasteiger partial charge in [0, 0.05) is 10.0 Å². The Bertz CT molecular complexity index is 1310. The molecule has 6 nitrogen and oxygen atoms in total. The largest absolute Gasteiger partial charge is 0.492 e. The summed E-state index contributed by atoms with van der Waals surface area (Å²) in [7, 11) is 0. The van der Waals surface area contributed by atoms with Crippen LogP contribution in [0.15, 0.2) is 48.5 Å². The molecule has 3 aromatic carbocycles. The van der Waals surface area contributed by atoms with Crippen LogP contribution in [0.3, 0.4) is 0 Å². The van der Waals surface area contributed by atoms with E-state index in [0.717, 1.165) is 0 Å². The van der Waals surface area contributed by atoms with E-state index in [1.54, 1.807) is 24.3 Å². The van der Waals surface area contributed by atoms with Crippen molar-refractivity contribution < 1.29 is 29.3 Å². The van der Waals surface area contributed by atoms with Gasteiger partial charge in [0.1, 0.15) is 12.4 Å². The van der Waals surface area contributed by atoms with E-state index >= 15 is 0 Å². The molecule has 0 atom stereocenters. The molecule has 0 aliphatic carbocycles. The van der Waals surface area contributed by atoms with Crippen LogP contribution in [0.2, 0.25) is 20.1 Å². The molecule has 3 aromatic rings. The Kier molecular flexibility index (Phi) is 7.02. The van der Waals surface area contributed by atoms with Gasteiger partial charge in [-0.1, -0.05) is 58.5 Å². The van der Waals surface area contributed by atoms with Crippen LogP contribution in [0.25, 0.3) is 0 Å². The lowest BCUT2D eigenvalue weighted by Crippen LogP contribution is -2.45. The zero-order chi connectivity index (χ0) is 25.5. The van der Waals surface area contributed by atoms with E-state index in [9.17, 15) is 24.6 Å². The first-order valence-electron chi connectivity index (χ1n) is 10.2. The Hall–Kier alpha value is -2.77. The van der Waals surface area contributed by atoms with Crippen molar-refractivity contribution >= 4 is 64.1 Å². The smallest absolute Gasteiger partial charge is 0.337 e. The van der Waals surface area contributed by atoms with Gasteiger partial charge in [0.25, 0.3) is 0 Å². The highest BCUT2D eigenvalue weighted by Gasteiger charge is 2.46. The molecule has 1 heterocycles. The predicted molar refractivity (Wildman–Crippen MR) is 133 cm³/mol. The Morgan fingerprint density at radius 2 is 1.29 bits per heavy atom. The normalized spacial score (nSPS) is 14.2. The van der Waals surface area contributed by atoms with E-state index < -0.39 is 17.4 Å². The van der Waals surface area contributed by atoms with Crippen LogP contribution < -0.4 is 4.74 Å². The molecule has 0 aromatic heterocycles. The summed E-state index contributed by atoms with van der Waals surface area (Å²) >= 11 is 25.7. The lowest BCUT2D eigenvalue weighted by atomic mass is 9.70. The maximum Gasteiger partial charge on any atom is 0.337 e. The average Bonchev–Trinajstić information content (AvgIpc) is 2.81. The molecule has 0 saturated carbocycles. The maximum atomic E-state index is 13.9. The van der Waals surface area contributed by atoms with Crippen molar-refractivity contribution in [2.24, 2.45) is 5.41 Å². The number of ether oxygens (including phenoxy) is 1. The molecular weight excluding hydrogens is 538 g/mol. The lowest BCUT2D eigenvalue weighted by Gasteiger charge is -2.37. The molecule has 0 radical (unpaired) electrons. The molecule has 0 bridgehead atoms. The van der Waals surface area contributed by atoms with Crippen molar-refractivity contribution in [3.05, 3.63) is 96.4 Å². The summed E-state index contributed by atoms with van der Waals surface area (Å²) in [5.41, 5.74) is -0.924. The summed E-state index contributed by atoms with van der Waals surface area (Å²) < 4.78 is 5.94. The van der Waals surface area contributed by atoms with Crippen molar-refractivity contribution in [2.75, 3.05) is 6.61 Å². The molecule has 10 heteroatoms. The lowest BCUT2D eigenvalue weighted by molar-refractivity contribution is 0.0603. The van der Waals surface area contributed by atoms with Crippen molar-refractivity contribution in [1.29, 1.82) is 0 Å². The molecule has 0 amide bonds. The number of aromatic carboxylic acids is 2. The summed E-state index contributed by atoms with van der Waals surface area (Å²) in [5, 5.41) is 19.2. The molecule has 0 saturated heterocycles. The van der Waals surface area contributed by atoms with Crippen LogP contribution in [0.1, 0.15) is 42.2 Å². The van der Waals surface area contributed by atoms with E-state index in [1.165, 1.54) is 24.3 Å². The highest BCUT2D eigenvalue weighted by molar-refractivity contribution is 6.38. The predicted octanol–water partition coefficient (Wildman–Crippen LogP) is 6.74. The Morgan fingerprint density at radius 3 is 1.77 bits per heavy atom. The van der Waals surface area contributed by atoms with Crippen LogP contribution in [-0.2, 0) is 12.8 Å². The van der Waals surface area contributed by atoms with Gasteiger partial charge in [0.05, 0.1) is 32.2 Å². The second-order valence-corrected chi connectivity index (χ2v) is 9.70. The minimum atomic E-state index is -1.37. The van der Waals surface area contributed by atoms with Gasteiger partial charge in [-0.05, 0) is 60.4 Å². The molecule has 1 aliphatic heterocycles. The van der Waals surface area contributed by atoms with Crippen molar-refractivity contribution in [3.8, 4) is 5.75 Å². The molecule has 4 rings (SSSR count). The summed E-state index contributed by atoms with van der Waals surface area (Å²) in [6.45, 7) is -0.128. The number of ketones is 1. The number of rotatable bonds is 6. The zero-order valence-corrected chi connectivity index (χ0v) is 20.8. The summed E-state index contributed by atoms with van der Waals surface area (Å²) in [6.07, 6.45) is -0.216. The number of carbonyl (C=O) groups excluding carboxylic acids is 1. The molecule has 0 unspecified atom stereocenters. The van der Waals surface area contributed by atoms with Crippen LogP contribution in [0.5, 0.6) is 5.75 Å². The first-order chi connectivity index (χ1) is 16.6. The Morgan fingerprint density at radius 1 is 0.800 bits per heavy atom. The fourth-order valence-corrected chi connectivity index (χ4v) is 5.37. The van der Waals surface area contributed by atoms with Crippen molar-refractivity contribution in [1.82, 2.24) is 0 Å². The van der Waals surface area contributed by atoms with Gasteiger partial charge in [-0.2, -0.15) is 0 Å². The van der Waals surface area contributed by atoms with E-state index in [0.29, 0.717) is 11.3 Å². The summed E-state index contributed by atoms with van der Waals surface area (Å²) in [4.78, 5) is 37.3. The minimum Gasteiger partial charge on any atom is -0.492 e. The zero-order valence-electron chi connectivity index (χ0n) is 17.8. The minimum absolute atomic E-state index is 0.104. The summed E-state index contributed by atoms with van der Waals surface area (Å²) in [6, 6.07) is 12.0. The third-order valence-corrected chi connectivity index (χ3v) is 7.55. The first-order valence-corrected chi connectivity index (χ1v) is 11.7. The number of hydrogen-bond donors (Lipinski definition) is 2. The van der Waals surface area contributed by atoms with Gasteiger partial charge in [0.2, 0.25) is 0 Å². The number of Topliss-reactive ketones (excluding diaryl/α,β-unsaturated/α-hetero) is 1. The number of para-hydroxylation sites is 1. The number of halogens is 4. The van der Waals surface area contributed by atoms with E-state index in [1.807, 2.05) is 0 Å². The number of carboxylic acids is 2. The highest BCUT2D eigenvalue weighted by atomic mass is 35.5. The van der Waals surface area contributed by atoms with E-state index in [-0.39, 0.29) is 67.6 Å². The third kappa shape index (κ3) is 4.59. The van der Waals surface area contributed by atoms with Gasteiger partial charge < -0.3 is 14.9 Å². The molecular formula is C25H16Cl4O6. The van der Waals surface area contributed by atoms with Gasteiger partial charge in [0.15, 0.2) is 5.78 Å². The van der Waals surface area contributed by atoms with Crippen LogP contribution in [0, 0.1) is 5.41 Å². The van der Waals surface area contributed by atoms with Crippen molar-refractivity contribution in [3.63, 3.8) is 0 Å². The standard InChI is InChI=1S/C25H16Cl4O6/c26-17-7-5-13(23(31)32)20(28)15(17)9-25(11-35-19-4-2-1-3-12(19)22(25)30)10-16-18(27)8-6-14(21(16)29)24(33)34/h1-8H,9-11H2,(H,31,32)(H,33,34). The second kappa shape index (κ2) is 9.70. The topological polar surface area (TPSA) is 101 Å². The van der Waals surface area contributed by atoms with Crippen LogP contribution >= 0.6 is 46.4 Å². The van der Waals surface area contributed by atoms with Gasteiger partial charge in [-0.15, -0.1) is 0 Å². The van der Waals surface area contributed by atoms with Gasteiger partial charge >= 0.3 is 11.9 Å². The number of hydrogen-bond acceptors (Lipinski definition) is 4. The van der Waals surface area contributed by atoms with E-state index in [2.05, 4.69) is 0 Å². The Balaban J connectivity index is 1.91. The number of carbonyl (C=O) groups is 3. The van der Waals surface area contributed by atoms with Crippen LogP contribution in [-0.4, -0.2) is 34.5 Å². The molecule has 0 fully saturated rings. The van der Waals surface area contributed by atoms with Crippen molar-refractivity contribution in [2.45, 2.75) is 12.8 Å². The van der Waals surface area contributed by atoms with E-state index in [4.69, 9.17) is 51.1 Å². The fraction of sp³-hybridized carbons (Fsp3) is 0.160. The first kappa shape index (κ1) is 25.3. The maximum absolute atomic E-state index is 13.9. The number of carboxylic acid groups (broad SMARTS) is 2. The second-order valence-electron chi connectivity index (χ2n) is 8.13. The van der Waals surface area contributed by atoms with Gasteiger partial charge in [-0.3, -0.25) is 4.79 Å². The molecule has 0 spiro atoms. The average molecular weight is 554 g/mol. The molecule has 35 heavy (non-hydrogen) atoms. The monoisotopic (exact) mass is 552 g/mol. The fourth-order valence-electron chi connectivity index (χ4n) is 4.20. The number of fused-ring (bicyclic) bond motifs is 1. The summed E-state index contributed by atoms with van der Waals surface area (Å²) in [5.74, 6) is -2.43. The quantitative estimate of drug-likeness (QED) is 0.350. The third-order valence-electron chi connectivity index (χ3n) is 5.98. The van der Waals surface area contributed by atoms with Crippen LogP contribution in [0.4, 0.5) is 0 Å². The number of benzene rings is 3. The SMILES string of the molecule is O=C(O)c1ccc(Cl)c(CC2(Cc3c(Cl)ccc(C(=O)O)c3Cl)COc3ccccc3C2=O)c1Cl. The highest BCUT2D eigenvalue weighted by Crippen LogP contribution is 2.45.